The van der Waals surface area contributed by atoms with Gasteiger partial charge in [-0.3, -0.25) is 0 Å². The van der Waals surface area contributed by atoms with E-state index in [0.29, 0.717) is 3.83 Å². The van der Waals surface area contributed by atoms with Crippen molar-refractivity contribution in [3.8, 4) is 5.75 Å². The van der Waals surface area contributed by atoms with E-state index in [9.17, 15) is 4.79 Å². The molecule has 1 aromatic carbocycles. The van der Waals surface area contributed by atoms with Crippen LogP contribution in [0, 0.1) is 0 Å². The van der Waals surface area contributed by atoms with Gasteiger partial charge in [-0.05, 0) is 0 Å². The van der Waals surface area contributed by atoms with E-state index in [1.54, 1.807) is 7.11 Å². The molecule has 0 saturated carbocycles. The van der Waals surface area contributed by atoms with Gasteiger partial charge >= 0.3 is 101 Å². The van der Waals surface area contributed by atoms with Crippen molar-refractivity contribution in [1.82, 2.24) is 0 Å². The third-order valence-corrected chi connectivity index (χ3v) is 4.88. The molecular weight excluding hydrogens is 304 g/mol. The molecule has 3 heteroatoms. The summed E-state index contributed by atoms with van der Waals surface area (Å²) in [6.07, 6.45) is 2.37. The molecule has 2 nitrogen and oxygen atoms in total. The van der Waals surface area contributed by atoms with E-state index in [1.165, 1.54) is 12.8 Å². The van der Waals surface area contributed by atoms with E-state index in [0.717, 1.165) is 15.8 Å². The molecule has 0 radical (unpaired) electrons. The molecule has 0 aliphatic heterocycles. The normalized spacial score (nSPS) is 10.0. The number of unbranched alkanes of at least 4 members (excludes halogenated alkanes) is 1. The van der Waals surface area contributed by atoms with Crippen LogP contribution in [0.15, 0.2) is 24.3 Å². The molecule has 15 heavy (non-hydrogen) atoms. The monoisotopic (exact) mass is 322 g/mol. The molecule has 0 N–H and O–H groups in total. The number of carbonyl (C=O) groups is 1. The van der Waals surface area contributed by atoms with Gasteiger partial charge in [0.15, 0.2) is 0 Å². The van der Waals surface area contributed by atoms with Crippen molar-refractivity contribution in [2.45, 2.75) is 24.2 Å². The Bertz CT molecular complexity index is 306. The molecular formula is C12H16O2Te. The first-order valence-electron chi connectivity index (χ1n) is 5.09. The van der Waals surface area contributed by atoms with Crippen LogP contribution in [0.2, 0.25) is 4.47 Å². The summed E-state index contributed by atoms with van der Waals surface area (Å²) in [6, 6.07) is 7.41. The summed E-state index contributed by atoms with van der Waals surface area (Å²) in [5.41, 5.74) is 0.842. The van der Waals surface area contributed by atoms with Crippen LogP contribution in [0.5, 0.6) is 5.75 Å². The Balaban J connectivity index is 2.50. The molecule has 0 bridgehead atoms. The van der Waals surface area contributed by atoms with E-state index in [-0.39, 0.29) is 0 Å². The standard InChI is InChI=1S/C12H16O2Te/c1-3-4-9-15-12(13)10-5-7-11(14-2)8-6-10/h5-8H,3-4,9H2,1-2H3. The van der Waals surface area contributed by atoms with Gasteiger partial charge in [0, 0.05) is 0 Å². The van der Waals surface area contributed by atoms with Crippen molar-refractivity contribution < 1.29 is 9.53 Å². The number of rotatable bonds is 6. The third kappa shape index (κ3) is 4.24. The van der Waals surface area contributed by atoms with E-state index < -0.39 is 20.9 Å². The van der Waals surface area contributed by atoms with Gasteiger partial charge in [0.25, 0.3) is 0 Å². The second-order valence-corrected chi connectivity index (χ2v) is 6.27. The molecule has 0 atom stereocenters. The Morgan fingerprint density at radius 2 is 2.00 bits per heavy atom. The molecule has 0 spiro atoms. The van der Waals surface area contributed by atoms with Crippen molar-refractivity contribution in [2.24, 2.45) is 0 Å². The molecule has 0 aromatic heterocycles. The van der Waals surface area contributed by atoms with E-state index in [2.05, 4.69) is 6.92 Å². The number of benzene rings is 1. The topological polar surface area (TPSA) is 26.3 Å². The zero-order valence-electron chi connectivity index (χ0n) is 9.16. The van der Waals surface area contributed by atoms with Crippen LogP contribution in [-0.2, 0) is 0 Å². The number of carbonyl (C=O) groups excluding carboxylic acids is 1. The Morgan fingerprint density at radius 1 is 1.33 bits per heavy atom. The second-order valence-electron chi connectivity index (χ2n) is 3.22. The summed E-state index contributed by atoms with van der Waals surface area (Å²) in [7, 11) is 1.63. The van der Waals surface area contributed by atoms with Crippen LogP contribution >= 0.6 is 0 Å². The van der Waals surface area contributed by atoms with Crippen LogP contribution in [0.4, 0.5) is 0 Å². The summed E-state index contributed by atoms with van der Waals surface area (Å²) >= 11 is -0.493. The van der Waals surface area contributed by atoms with Gasteiger partial charge < -0.3 is 0 Å². The first-order chi connectivity index (χ1) is 7.27. The van der Waals surface area contributed by atoms with E-state index in [4.69, 9.17) is 4.74 Å². The molecule has 82 valence electrons. The number of hydrogen-bond donors (Lipinski definition) is 0. The summed E-state index contributed by atoms with van der Waals surface area (Å²) in [5.74, 6) is 0.806. The molecule has 0 fully saturated rings. The maximum atomic E-state index is 11.7. The van der Waals surface area contributed by atoms with Crippen LogP contribution in [0.3, 0.4) is 0 Å². The summed E-state index contributed by atoms with van der Waals surface area (Å²) in [6.45, 7) is 2.16. The van der Waals surface area contributed by atoms with E-state index >= 15 is 0 Å². The van der Waals surface area contributed by atoms with Gasteiger partial charge in [-0.1, -0.05) is 0 Å². The van der Waals surface area contributed by atoms with E-state index in [1.807, 2.05) is 24.3 Å². The van der Waals surface area contributed by atoms with Crippen molar-refractivity contribution in [1.29, 1.82) is 0 Å². The fourth-order valence-electron chi connectivity index (χ4n) is 1.12. The van der Waals surface area contributed by atoms with Crippen molar-refractivity contribution in [3.63, 3.8) is 0 Å². The Hall–Kier alpha value is -0.520. The summed E-state index contributed by atoms with van der Waals surface area (Å²) in [5, 5.41) is 0. The second kappa shape index (κ2) is 6.87. The van der Waals surface area contributed by atoms with Crippen molar-refractivity contribution in [2.75, 3.05) is 7.11 Å². The van der Waals surface area contributed by atoms with Gasteiger partial charge in [-0.25, -0.2) is 0 Å². The Morgan fingerprint density at radius 3 is 2.53 bits per heavy atom. The van der Waals surface area contributed by atoms with Gasteiger partial charge in [0.1, 0.15) is 0 Å². The molecule has 0 heterocycles. The molecule has 0 amide bonds. The Labute approximate surface area is 101 Å². The predicted octanol–water partition coefficient (Wildman–Crippen LogP) is 2.76. The van der Waals surface area contributed by atoms with Crippen molar-refractivity contribution >= 4 is 24.8 Å². The fraction of sp³-hybridized carbons (Fsp3) is 0.417. The molecule has 0 saturated heterocycles. The first kappa shape index (κ1) is 12.5. The first-order valence-corrected chi connectivity index (χ1v) is 7.90. The average molecular weight is 320 g/mol. The van der Waals surface area contributed by atoms with Gasteiger partial charge in [0.05, 0.1) is 0 Å². The summed E-state index contributed by atoms with van der Waals surface area (Å²) < 4.78 is 6.52. The average Bonchev–Trinajstić information content (AvgIpc) is 2.29. The van der Waals surface area contributed by atoms with Crippen LogP contribution in [0.1, 0.15) is 30.1 Å². The van der Waals surface area contributed by atoms with Crippen LogP contribution in [-0.4, -0.2) is 31.9 Å². The zero-order valence-corrected chi connectivity index (χ0v) is 11.5. The van der Waals surface area contributed by atoms with Crippen molar-refractivity contribution in [3.05, 3.63) is 29.8 Å². The molecule has 1 rings (SSSR count). The molecule has 1 aromatic rings. The minimum atomic E-state index is -0.493. The minimum absolute atomic E-state index is 0.358. The summed E-state index contributed by atoms with van der Waals surface area (Å²) in [4.78, 5) is 11.7. The number of ether oxygens (including phenoxy) is 1. The van der Waals surface area contributed by atoms with Gasteiger partial charge in [-0.15, -0.1) is 0 Å². The quantitative estimate of drug-likeness (QED) is 0.595. The van der Waals surface area contributed by atoms with Crippen LogP contribution < -0.4 is 4.74 Å². The maximum absolute atomic E-state index is 11.7. The van der Waals surface area contributed by atoms with Gasteiger partial charge in [0.2, 0.25) is 0 Å². The third-order valence-electron chi connectivity index (χ3n) is 2.06. The number of methoxy groups -OCH3 is 1. The Kier molecular flexibility index (Phi) is 5.75. The van der Waals surface area contributed by atoms with Gasteiger partial charge in [-0.2, -0.15) is 0 Å². The number of hydrogen-bond acceptors (Lipinski definition) is 2. The van der Waals surface area contributed by atoms with Crippen LogP contribution in [0.25, 0.3) is 0 Å². The predicted molar refractivity (Wildman–Crippen MR) is 62.8 cm³/mol. The zero-order chi connectivity index (χ0) is 11.1. The SMILES string of the molecule is CCCC[Te]C(=O)c1ccc(OC)cc1. The molecule has 0 unspecified atom stereocenters. The molecule has 0 aliphatic carbocycles. The fourth-order valence-corrected chi connectivity index (χ4v) is 3.75. The molecule has 0 aliphatic rings.